The zero-order valence-corrected chi connectivity index (χ0v) is 8.82. The van der Waals surface area contributed by atoms with Gasteiger partial charge in [-0.25, -0.2) is 0 Å². The van der Waals surface area contributed by atoms with Crippen LogP contribution in [0.2, 0.25) is 0 Å². The molecular formula is C7H8N3O5P. The molecule has 0 radical (unpaired) electrons. The van der Waals surface area contributed by atoms with Gasteiger partial charge in [0.05, 0.1) is 0 Å². The summed E-state index contributed by atoms with van der Waals surface area (Å²) in [5.41, 5.74) is 5.24. The molecule has 0 bridgehead atoms. The molecule has 0 saturated carbocycles. The van der Waals surface area contributed by atoms with E-state index in [2.05, 4.69) is 4.62 Å². The maximum absolute atomic E-state index is 10.5. The van der Waals surface area contributed by atoms with Gasteiger partial charge in [-0.05, 0) is 0 Å². The Hall–Kier alpha value is -1.79. The number of nitro groups is 1. The molecule has 1 aromatic carbocycles. The summed E-state index contributed by atoms with van der Waals surface area (Å²) in [5, 5.41) is 20.0. The lowest BCUT2D eigenvalue weighted by Crippen LogP contribution is -2.32. The molecule has 16 heavy (non-hydrogen) atoms. The number of hydrogen-bond donors (Lipinski definition) is 1. The minimum absolute atomic E-state index is 0.346. The van der Waals surface area contributed by atoms with E-state index in [1.165, 1.54) is 12.1 Å². The maximum atomic E-state index is 10.5. The van der Waals surface area contributed by atoms with Crippen LogP contribution in [0.15, 0.2) is 30.3 Å². The van der Waals surface area contributed by atoms with Crippen LogP contribution >= 0.6 is 8.15 Å². The first-order valence-electron chi connectivity index (χ1n) is 4.08. The highest BCUT2D eigenvalue weighted by atomic mass is 31.1. The summed E-state index contributed by atoms with van der Waals surface area (Å²) in [7, 11) is -2.12. The number of benzene rings is 1. The third-order valence-electron chi connectivity index (χ3n) is 1.62. The van der Waals surface area contributed by atoms with Crippen LogP contribution in [0.25, 0.3) is 0 Å². The standard InChI is InChI=1S/C7H8N3O5P/c8-7(9(11)12)16(15-10(13)14)6-4-2-1-3-5-6/h1-5,7H,8H2. The molecule has 0 aliphatic rings. The highest BCUT2D eigenvalue weighted by Gasteiger charge is 2.32. The molecule has 0 aliphatic heterocycles. The topological polar surface area (TPSA) is 122 Å². The first-order chi connectivity index (χ1) is 7.52. The molecule has 1 aromatic rings. The van der Waals surface area contributed by atoms with Crippen molar-refractivity contribution < 1.29 is 14.6 Å². The van der Waals surface area contributed by atoms with E-state index in [1.807, 2.05) is 0 Å². The van der Waals surface area contributed by atoms with Crippen LogP contribution in [0.5, 0.6) is 0 Å². The summed E-state index contributed by atoms with van der Waals surface area (Å²) in [5.74, 6) is -1.62. The molecule has 2 atom stereocenters. The minimum Gasteiger partial charge on any atom is -0.280 e. The van der Waals surface area contributed by atoms with Crippen LogP contribution in [-0.2, 0) is 4.62 Å². The van der Waals surface area contributed by atoms with E-state index in [4.69, 9.17) is 5.73 Å². The summed E-state index contributed by atoms with van der Waals surface area (Å²) in [6.07, 6.45) is 0. The van der Waals surface area contributed by atoms with Crippen LogP contribution in [0.4, 0.5) is 0 Å². The van der Waals surface area contributed by atoms with E-state index in [0.717, 1.165) is 0 Å². The lowest BCUT2D eigenvalue weighted by Gasteiger charge is -2.15. The van der Waals surface area contributed by atoms with Crippen LogP contribution in [0.3, 0.4) is 0 Å². The van der Waals surface area contributed by atoms with E-state index in [0.29, 0.717) is 5.30 Å². The molecule has 8 nitrogen and oxygen atoms in total. The van der Waals surface area contributed by atoms with Crippen molar-refractivity contribution in [3.05, 3.63) is 50.6 Å². The molecule has 2 unspecified atom stereocenters. The van der Waals surface area contributed by atoms with Gasteiger partial charge in [0.1, 0.15) is 0 Å². The molecule has 0 heterocycles. The SMILES string of the molecule is NC([N+](=O)[O-])P(O[N+](=O)[O-])c1ccccc1. The van der Waals surface area contributed by atoms with Crippen molar-refractivity contribution in [2.45, 2.75) is 5.91 Å². The van der Waals surface area contributed by atoms with Crippen molar-refractivity contribution in [3.63, 3.8) is 0 Å². The Bertz CT molecular complexity index is 387. The van der Waals surface area contributed by atoms with Crippen molar-refractivity contribution in [2.75, 3.05) is 0 Å². The van der Waals surface area contributed by atoms with Gasteiger partial charge in [-0.3, -0.25) is 20.5 Å². The van der Waals surface area contributed by atoms with Gasteiger partial charge in [0.25, 0.3) is 5.09 Å². The van der Waals surface area contributed by atoms with Gasteiger partial charge >= 0.3 is 5.91 Å². The lowest BCUT2D eigenvalue weighted by atomic mass is 10.4. The average Bonchev–Trinajstić information content (AvgIpc) is 2.26. The van der Waals surface area contributed by atoms with Gasteiger partial charge in [0.15, 0.2) is 0 Å². The van der Waals surface area contributed by atoms with Crippen LogP contribution < -0.4 is 11.0 Å². The van der Waals surface area contributed by atoms with Gasteiger partial charge in [-0.1, -0.05) is 30.3 Å². The highest BCUT2D eigenvalue weighted by Crippen LogP contribution is 2.39. The van der Waals surface area contributed by atoms with E-state index < -0.39 is 24.1 Å². The number of hydrogen-bond acceptors (Lipinski definition) is 6. The Balaban J connectivity index is 2.96. The van der Waals surface area contributed by atoms with E-state index in [-0.39, 0.29) is 0 Å². The predicted molar refractivity (Wildman–Crippen MR) is 56.0 cm³/mol. The summed E-state index contributed by atoms with van der Waals surface area (Å²) in [4.78, 5) is 19.9. The van der Waals surface area contributed by atoms with Crippen molar-refractivity contribution >= 4 is 13.5 Å². The normalized spacial score (nSPS) is 13.8. The fourth-order valence-electron chi connectivity index (χ4n) is 0.981. The number of nitrogens with zero attached hydrogens (tertiary/aromatic N) is 2. The molecule has 9 heteroatoms. The van der Waals surface area contributed by atoms with Crippen LogP contribution in [0.1, 0.15) is 0 Å². The fraction of sp³-hybridized carbons (Fsp3) is 0.143. The second-order valence-electron chi connectivity index (χ2n) is 2.67. The van der Waals surface area contributed by atoms with Gasteiger partial charge in [-0.2, -0.15) is 0 Å². The molecule has 2 N–H and O–H groups in total. The summed E-state index contributed by atoms with van der Waals surface area (Å²) in [6, 6.07) is 7.87. The van der Waals surface area contributed by atoms with Crippen molar-refractivity contribution in [2.24, 2.45) is 5.73 Å². The Morgan fingerprint density at radius 1 is 1.25 bits per heavy atom. The third-order valence-corrected chi connectivity index (χ3v) is 3.41. The Labute approximate surface area is 91.1 Å². The van der Waals surface area contributed by atoms with Gasteiger partial charge < -0.3 is 0 Å². The Kier molecular flexibility index (Phi) is 4.10. The van der Waals surface area contributed by atoms with E-state index in [1.54, 1.807) is 18.2 Å². The van der Waals surface area contributed by atoms with Crippen molar-refractivity contribution in [3.8, 4) is 0 Å². The zero-order valence-electron chi connectivity index (χ0n) is 7.92. The maximum Gasteiger partial charge on any atom is 0.308 e. The first-order valence-corrected chi connectivity index (χ1v) is 5.41. The molecule has 86 valence electrons. The Morgan fingerprint density at radius 2 is 1.81 bits per heavy atom. The van der Waals surface area contributed by atoms with E-state index in [9.17, 15) is 20.2 Å². The predicted octanol–water partition coefficient (Wildman–Crippen LogP) is 0.436. The molecule has 0 fully saturated rings. The minimum atomic E-state index is -2.12. The molecule has 0 aliphatic carbocycles. The van der Waals surface area contributed by atoms with Gasteiger partial charge in [0, 0.05) is 10.2 Å². The first kappa shape index (κ1) is 12.3. The lowest BCUT2D eigenvalue weighted by molar-refractivity contribution is -0.713. The molecule has 1 rings (SSSR count). The van der Waals surface area contributed by atoms with Gasteiger partial charge in [0.2, 0.25) is 8.15 Å². The van der Waals surface area contributed by atoms with Gasteiger partial charge in [-0.15, -0.1) is 10.1 Å². The molecule has 0 aromatic heterocycles. The second-order valence-corrected chi connectivity index (χ2v) is 4.53. The number of rotatable bonds is 5. The summed E-state index contributed by atoms with van der Waals surface area (Å²) < 4.78 is 4.28. The molecular weight excluding hydrogens is 237 g/mol. The quantitative estimate of drug-likeness (QED) is 0.347. The van der Waals surface area contributed by atoms with E-state index >= 15 is 0 Å². The highest BCUT2D eigenvalue weighted by molar-refractivity contribution is 7.61. The molecule has 0 spiro atoms. The average molecular weight is 245 g/mol. The fourth-order valence-corrected chi connectivity index (χ4v) is 2.26. The Morgan fingerprint density at radius 3 is 2.25 bits per heavy atom. The third kappa shape index (κ3) is 3.11. The summed E-state index contributed by atoms with van der Waals surface area (Å²) in [6.45, 7) is 0. The largest absolute Gasteiger partial charge is 0.308 e. The number of nitrogens with two attached hydrogens (primary N) is 1. The zero-order chi connectivity index (χ0) is 12.1. The summed E-state index contributed by atoms with van der Waals surface area (Å²) >= 11 is 0. The van der Waals surface area contributed by atoms with Crippen molar-refractivity contribution in [1.29, 1.82) is 0 Å². The molecule has 0 amide bonds. The van der Waals surface area contributed by atoms with Crippen molar-refractivity contribution in [1.82, 2.24) is 0 Å². The monoisotopic (exact) mass is 245 g/mol. The second kappa shape index (κ2) is 5.34. The van der Waals surface area contributed by atoms with Crippen LogP contribution in [-0.4, -0.2) is 15.9 Å². The molecule has 0 saturated heterocycles. The smallest absolute Gasteiger partial charge is 0.280 e. The van der Waals surface area contributed by atoms with Crippen LogP contribution in [0, 0.1) is 20.2 Å².